The summed E-state index contributed by atoms with van der Waals surface area (Å²) in [5.74, 6) is 0.918. The summed E-state index contributed by atoms with van der Waals surface area (Å²) in [6.07, 6.45) is 3.99. The van der Waals surface area contributed by atoms with Crippen LogP contribution in [0, 0.1) is 5.41 Å². The summed E-state index contributed by atoms with van der Waals surface area (Å²) in [7, 11) is 1.71. The molecule has 1 aliphatic rings. The average molecular weight is 283 g/mol. The van der Waals surface area contributed by atoms with E-state index in [1.165, 1.54) is 35.6 Å². The van der Waals surface area contributed by atoms with Crippen molar-refractivity contribution < 1.29 is 4.74 Å². The number of benzene rings is 2. The molecule has 0 radical (unpaired) electrons. The molecular formula is C19H25NO. The van der Waals surface area contributed by atoms with E-state index in [1.54, 1.807) is 7.11 Å². The Morgan fingerprint density at radius 2 is 1.90 bits per heavy atom. The van der Waals surface area contributed by atoms with Crippen molar-refractivity contribution in [3.63, 3.8) is 0 Å². The van der Waals surface area contributed by atoms with Gasteiger partial charge in [-0.2, -0.15) is 0 Å². The number of hydrogen-bond donors (Lipinski definition) is 1. The minimum atomic E-state index is 0.435. The quantitative estimate of drug-likeness (QED) is 0.891. The van der Waals surface area contributed by atoms with E-state index in [2.05, 4.69) is 49.5 Å². The highest BCUT2D eigenvalue weighted by molar-refractivity contribution is 5.84. The molecule has 1 saturated carbocycles. The standard InChI is InChI=1S/C19H25NO/c1-19(2)10-4-5-18(19)20-13-14-6-7-16-12-17(21-3)9-8-15(16)11-14/h6-9,11-12,18,20H,4-5,10,13H2,1-3H3. The third kappa shape index (κ3) is 3.06. The van der Waals surface area contributed by atoms with E-state index in [9.17, 15) is 0 Å². The molecule has 0 aliphatic heterocycles. The second-order valence-electron chi connectivity index (χ2n) is 6.86. The largest absolute Gasteiger partial charge is 0.497 e. The molecule has 21 heavy (non-hydrogen) atoms. The van der Waals surface area contributed by atoms with Crippen LogP contribution in [0.4, 0.5) is 0 Å². The van der Waals surface area contributed by atoms with E-state index in [-0.39, 0.29) is 0 Å². The van der Waals surface area contributed by atoms with Gasteiger partial charge in [-0.1, -0.05) is 38.5 Å². The van der Waals surface area contributed by atoms with Crippen molar-refractivity contribution in [1.82, 2.24) is 5.32 Å². The predicted octanol–water partition coefficient (Wildman–Crippen LogP) is 4.52. The molecule has 112 valence electrons. The molecule has 1 atom stereocenters. The molecule has 1 N–H and O–H groups in total. The van der Waals surface area contributed by atoms with E-state index < -0.39 is 0 Å². The first-order valence-electron chi connectivity index (χ1n) is 7.88. The summed E-state index contributed by atoms with van der Waals surface area (Å²) in [5.41, 5.74) is 1.79. The Labute approximate surface area is 127 Å². The number of fused-ring (bicyclic) bond motifs is 1. The van der Waals surface area contributed by atoms with Gasteiger partial charge in [-0.05, 0) is 52.8 Å². The van der Waals surface area contributed by atoms with E-state index in [0.29, 0.717) is 11.5 Å². The SMILES string of the molecule is COc1ccc2cc(CNC3CCCC3(C)C)ccc2c1. The maximum atomic E-state index is 5.28. The Kier molecular flexibility index (Phi) is 3.90. The molecule has 0 spiro atoms. The van der Waals surface area contributed by atoms with E-state index in [0.717, 1.165) is 12.3 Å². The van der Waals surface area contributed by atoms with E-state index >= 15 is 0 Å². The van der Waals surface area contributed by atoms with Gasteiger partial charge in [0.05, 0.1) is 7.11 Å². The summed E-state index contributed by atoms with van der Waals surface area (Å²) in [6, 6.07) is 13.6. The molecule has 2 aromatic rings. The fraction of sp³-hybridized carbons (Fsp3) is 0.474. The molecule has 0 heterocycles. The zero-order valence-electron chi connectivity index (χ0n) is 13.3. The lowest BCUT2D eigenvalue weighted by Gasteiger charge is -2.28. The highest BCUT2D eigenvalue weighted by atomic mass is 16.5. The number of methoxy groups -OCH3 is 1. The maximum Gasteiger partial charge on any atom is 0.119 e. The molecule has 0 saturated heterocycles. The van der Waals surface area contributed by atoms with E-state index in [1.807, 2.05) is 6.07 Å². The number of ether oxygens (including phenoxy) is 1. The second kappa shape index (κ2) is 5.69. The van der Waals surface area contributed by atoms with Crippen LogP contribution < -0.4 is 10.1 Å². The number of hydrogen-bond acceptors (Lipinski definition) is 2. The normalized spacial score (nSPS) is 20.8. The Bertz CT molecular complexity index is 632. The van der Waals surface area contributed by atoms with Gasteiger partial charge in [0.1, 0.15) is 5.75 Å². The van der Waals surface area contributed by atoms with Gasteiger partial charge in [0.25, 0.3) is 0 Å². The van der Waals surface area contributed by atoms with Crippen LogP contribution in [-0.2, 0) is 6.54 Å². The predicted molar refractivity (Wildman–Crippen MR) is 88.8 cm³/mol. The molecule has 1 unspecified atom stereocenters. The lowest BCUT2D eigenvalue weighted by Crippen LogP contribution is -2.37. The summed E-state index contributed by atoms with van der Waals surface area (Å²) in [4.78, 5) is 0. The van der Waals surface area contributed by atoms with Crippen LogP contribution in [0.1, 0.15) is 38.7 Å². The minimum Gasteiger partial charge on any atom is -0.497 e. The summed E-state index contributed by atoms with van der Waals surface area (Å²) in [6.45, 7) is 5.71. The van der Waals surface area contributed by atoms with Crippen LogP contribution >= 0.6 is 0 Å². The van der Waals surface area contributed by atoms with Gasteiger partial charge in [0.2, 0.25) is 0 Å². The van der Waals surface area contributed by atoms with Gasteiger partial charge in [-0.3, -0.25) is 0 Å². The molecule has 3 rings (SSSR count). The van der Waals surface area contributed by atoms with Gasteiger partial charge >= 0.3 is 0 Å². The second-order valence-corrected chi connectivity index (χ2v) is 6.86. The molecule has 0 bridgehead atoms. The summed E-state index contributed by atoms with van der Waals surface area (Å²) >= 11 is 0. The zero-order valence-corrected chi connectivity index (χ0v) is 13.3. The van der Waals surface area contributed by atoms with Crippen molar-refractivity contribution in [3.05, 3.63) is 42.0 Å². The molecule has 0 aromatic heterocycles. The summed E-state index contributed by atoms with van der Waals surface area (Å²) < 4.78 is 5.28. The van der Waals surface area contributed by atoms with Crippen molar-refractivity contribution in [2.75, 3.05) is 7.11 Å². The number of nitrogens with one attached hydrogen (secondary N) is 1. The molecule has 1 aliphatic carbocycles. The van der Waals surface area contributed by atoms with Gasteiger partial charge in [0, 0.05) is 12.6 Å². The first kappa shape index (κ1) is 14.4. The molecule has 0 amide bonds. The van der Waals surface area contributed by atoms with Gasteiger partial charge in [0.15, 0.2) is 0 Å². The maximum absolute atomic E-state index is 5.28. The zero-order chi connectivity index (χ0) is 14.9. The highest BCUT2D eigenvalue weighted by Crippen LogP contribution is 2.37. The van der Waals surface area contributed by atoms with Crippen molar-refractivity contribution in [1.29, 1.82) is 0 Å². The molecule has 2 nitrogen and oxygen atoms in total. The topological polar surface area (TPSA) is 21.3 Å². The van der Waals surface area contributed by atoms with Gasteiger partial charge in [-0.15, -0.1) is 0 Å². The first-order chi connectivity index (χ1) is 10.1. The molecule has 2 heteroatoms. The molecular weight excluding hydrogens is 258 g/mol. The van der Waals surface area contributed by atoms with Crippen molar-refractivity contribution in [3.8, 4) is 5.75 Å². The molecule has 1 fully saturated rings. The van der Waals surface area contributed by atoms with Crippen LogP contribution in [-0.4, -0.2) is 13.2 Å². The highest BCUT2D eigenvalue weighted by Gasteiger charge is 2.33. The van der Waals surface area contributed by atoms with Crippen LogP contribution in [0.25, 0.3) is 10.8 Å². The minimum absolute atomic E-state index is 0.435. The Hall–Kier alpha value is -1.54. The Morgan fingerprint density at radius 3 is 2.62 bits per heavy atom. The number of rotatable bonds is 4. The fourth-order valence-corrected chi connectivity index (χ4v) is 3.46. The average Bonchev–Trinajstić information content (AvgIpc) is 2.83. The van der Waals surface area contributed by atoms with Gasteiger partial charge in [-0.25, -0.2) is 0 Å². The van der Waals surface area contributed by atoms with Crippen LogP contribution in [0.3, 0.4) is 0 Å². The van der Waals surface area contributed by atoms with Crippen LogP contribution in [0.5, 0.6) is 5.75 Å². The smallest absolute Gasteiger partial charge is 0.119 e. The third-order valence-corrected chi connectivity index (χ3v) is 4.92. The third-order valence-electron chi connectivity index (χ3n) is 4.92. The Balaban J connectivity index is 1.73. The van der Waals surface area contributed by atoms with Gasteiger partial charge < -0.3 is 10.1 Å². The summed E-state index contributed by atoms with van der Waals surface area (Å²) in [5, 5.41) is 6.26. The fourth-order valence-electron chi connectivity index (χ4n) is 3.46. The van der Waals surface area contributed by atoms with Crippen molar-refractivity contribution in [2.24, 2.45) is 5.41 Å². The lowest BCUT2D eigenvalue weighted by molar-refractivity contribution is 0.282. The molecule has 2 aromatic carbocycles. The van der Waals surface area contributed by atoms with Crippen LogP contribution in [0.15, 0.2) is 36.4 Å². The Morgan fingerprint density at radius 1 is 1.14 bits per heavy atom. The van der Waals surface area contributed by atoms with Crippen LogP contribution in [0.2, 0.25) is 0 Å². The first-order valence-corrected chi connectivity index (χ1v) is 7.88. The van der Waals surface area contributed by atoms with E-state index in [4.69, 9.17) is 4.74 Å². The monoisotopic (exact) mass is 283 g/mol. The van der Waals surface area contributed by atoms with Crippen molar-refractivity contribution in [2.45, 2.75) is 45.7 Å². The lowest BCUT2D eigenvalue weighted by atomic mass is 9.87. The van der Waals surface area contributed by atoms with Crippen molar-refractivity contribution >= 4 is 10.8 Å².